The van der Waals surface area contributed by atoms with Crippen LogP contribution in [0.2, 0.25) is 5.02 Å². The van der Waals surface area contributed by atoms with Gasteiger partial charge in [0.1, 0.15) is 10.8 Å². The lowest BCUT2D eigenvalue weighted by Crippen LogP contribution is -3.06. The number of nitrogens with zero attached hydrogens (tertiary/aromatic N) is 4. The van der Waals surface area contributed by atoms with Crippen LogP contribution < -0.4 is 5.06 Å². The van der Waals surface area contributed by atoms with Crippen molar-refractivity contribution in [3.8, 4) is 0 Å². The molecule has 5 heterocycles. The van der Waals surface area contributed by atoms with Crippen molar-refractivity contribution in [2.75, 3.05) is 52.5 Å². The Morgan fingerprint density at radius 3 is 2.77 bits per heavy atom. The molecule has 3 aromatic rings. The van der Waals surface area contributed by atoms with Gasteiger partial charge in [0.15, 0.2) is 5.76 Å². The molecular weight excluding hydrogens is 582 g/mol. The van der Waals surface area contributed by atoms with Gasteiger partial charge in [-0.3, -0.25) is 9.59 Å². The molecule has 1 aromatic carbocycles. The second-order valence-electron chi connectivity index (χ2n) is 10.1. The van der Waals surface area contributed by atoms with E-state index in [0.717, 1.165) is 21.4 Å². The summed E-state index contributed by atoms with van der Waals surface area (Å²) in [6.45, 7) is 2.22. The Morgan fingerprint density at radius 1 is 1.18 bits per heavy atom. The zero-order valence-electron chi connectivity index (χ0n) is 21.5. The summed E-state index contributed by atoms with van der Waals surface area (Å²) in [5, 5.41) is 13.2. The highest BCUT2D eigenvalue weighted by molar-refractivity contribution is 7.91. The maximum absolute atomic E-state index is 13.7. The molecule has 0 radical (unpaired) electrons. The summed E-state index contributed by atoms with van der Waals surface area (Å²) < 4.78 is 40.7. The summed E-state index contributed by atoms with van der Waals surface area (Å²) >= 11 is 7.23. The van der Waals surface area contributed by atoms with Gasteiger partial charge in [0, 0.05) is 55.3 Å². The molecule has 3 aliphatic heterocycles. The van der Waals surface area contributed by atoms with Crippen molar-refractivity contribution in [1.29, 1.82) is 0 Å². The lowest BCUT2D eigenvalue weighted by atomic mass is 10.1. The maximum atomic E-state index is 13.7. The van der Waals surface area contributed by atoms with Crippen LogP contribution >= 0.6 is 22.9 Å². The lowest BCUT2D eigenvalue weighted by Gasteiger charge is -2.40. The number of rotatable bonds is 5. The number of hydrogen-bond donors (Lipinski definition) is 1. The summed E-state index contributed by atoms with van der Waals surface area (Å²) in [7, 11) is -3.90. The first-order valence-corrected chi connectivity index (χ1v) is 15.7. The van der Waals surface area contributed by atoms with Crippen LogP contribution in [0.3, 0.4) is 0 Å². The molecular formula is C25H28ClN5O7S2. The topological polar surface area (TPSA) is 141 Å². The molecule has 2 fully saturated rings. The van der Waals surface area contributed by atoms with Crippen molar-refractivity contribution in [2.45, 2.75) is 29.6 Å². The Balaban J connectivity index is 1.27. The zero-order chi connectivity index (χ0) is 28.0. The molecule has 12 nitrogen and oxygen atoms in total. The van der Waals surface area contributed by atoms with Gasteiger partial charge in [0.2, 0.25) is 5.91 Å². The maximum Gasteiger partial charge on any atom is 0.310 e. The Bertz CT molecular complexity index is 1550. The number of ether oxygens (including phenoxy) is 1. The molecule has 2 aromatic heterocycles. The van der Waals surface area contributed by atoms with Gasteiger partial charge in [-0.25, -0.2) is 13.4 Å². The monoisotopic (exact) mass is 609 g/mol. The van der Waals surface area contributed by atoms with Crippen molar-refractivity contribution in [3.05, 3.63) is 51.8 Å². The molecule has 2 unspecified atom stereocenters. The number of oxazole rings is 1. The average molecular weight is 610 g/mol. The van der Waals surface area contributed by atoms with Gasteiger partial charge in [0.05, 0.1) is 31.5 Å². The lowest BCUT2D eigenvalue weighted by molar-refractivity contribution is -0.865. The molecule has 0 aliphatic carbocycles. The number of thiophene rings is 1. The van der Waals surface area contributed by atoms with Crippen LogP contribution in [-0.4, -0.2) is 97.8 Å². The van der Waals surface area contributed by atoms with Crippen molar-refractivity contribution < 1.29 is 32.2 Å². The van der Waals surface area contributed by atoms with Gasteiger partial charge in [-0.05, 0) is 23.6 Å². The van der Waals surface area contributed by atoms with E-state index in [4.69, 9.17) is 20.8 Å². The van der Waals surface area contributed by atoms with E-state index < -0.39 is 22.0 Å². The summed E-state index contributed by atoms with van der Waals surface area (Å²) in [4.78, 5) is 34.3. The van der Waals surface area contributed by atoms with Crippen LogP contribution in [0, 0.1) is 5.21 Å². The third kappa shape index (κ3) is 5.36. The summed E-state index contributed by atoms with van der Waals surface area (Å²) in [6.07, 6.45) is 0.356. The minimum Gasteiger partial charge on any atom is -0.634 e. The first kappa shape index (κ1) is 27.6. The molecule has 1 N–H and O–H groups in total. The number of nitrogens with one attached hydrogen (secondary N) is 1. The molecule has 2 saturated heterocycles. The molecule has 0 saturated carbocycles. The SMILES string of the molecule is O=C(CC1CN(S(=O)(=O)c2cc3ccc(Cl)cc3s2)CCN1C(=O)c1nc2c(o1)C[NH+]([O-])CC2)N1CCOCC1. The number of halogens is 1. The second-order valence-corrected chi connectivity index (χ2v) is 13.7. The second kappa shape index (κ2) is 11.0. The number of aromatic nitrogens is 1. The molecule has 0 bridgehead atoms. The molecule has 40 heavy (non-hydrogen) atoms. The molecule has 3 aliphatic rings. The number of sulfonamides is 1. The largest absolute Gasteiger partial charge is 0.634 e. The van der Waals surface area contributed by atoms with Gasteiger partial charge < -0.3 is 29.2 Å². The van der Waals surface area contributed by atoms with E-state index in [1.54, 1.807) is 29.2 Å². The number of quaternary nitrogens is 1. The minimum atomic E-state index is -3.90. The number of morpholine rings is 1. The number of amides is 2. The fourth-order valence-corrected chi connectivity index (χ4v) is 8.62. The van der Waals surface area contributed by atoms with Crippen molar-refractivity contribution in [1.82, 2.24) is 19.1 Å². The number of carbonyl (C=O) groups is 2. The number of benzene rings is 1. The Kier molecular flexibility index (Phi) is 7.59. The smallest absolute Gasteiger partial charge is 0.310 e. The van der Waals surface area contributed by atoms with Crippen molar-refractivity contribution in [2.24, 2.45) is 0 Å². The molecule has 2 atom stereocenters. The van der Waals surface area contributed by atoms with E-state index >= 15 is 0 Å². The van der Waals surface area contributed by atoms with Crippen LogP contribution in [0.5, 0.6) is 0 Å². The minimum absolute atomic E-state index is 0.0268. The highest BCUT2D eigenvalue weighted by Gasteiger charge is 2.40. The third-order valence-electron chi connectivity index (χ3n) is 7.49. The summed E-state index contributed by atoms with van der Waals surface area (Å²) in [6, 6.07) is 6.10. The predicted octanol–water partition coefficient (Wildman–Crippen LogP) is 0.746. The Labute approximate surface area is 239 Å². The van der Waals surface area contributed by atoms with Crippen LogP contribution in [0.4, 0.5) is 0 Å². The van der Waals surface area contributed by atoms with Gasteiger partial charge in [-0.1, -0.05) is 17.7 Å². The van der Waals surface area contributed by atoms with E-state index in [1.807, 2.05) is 0 Å². The van der Waals surface area contributed by atoms with Crippen LogP contribution in [0.25, 0.3) is 10.1 Å². The van der Waals surface area contributed by atoms with Crippen molar-refractivity contribution >= 4 is 54.9 Å². The number of hydroxylamine groups is 2. The highest BCUT2D eigenvalue weighted by atomic mass is 35.5. The Morgan fingerprint density at radius 2 is 1.98 bits per heavy atom. The quantitative estimate of drug-likeness (QED) is 0.418. The molecule has 6 rings (SSSR count). The Hall–Kier alpha value is -2.59. The standard InChI is InChI=1S/C25H28ClN5O7S2/c26-17-2-1-16-11-23(39-21(16)12-17)40(35,36)30-5-6-31(18(14-30)13-22(32)28-7-9-37-10-8-28)25(33)24-27-19-3-4-29(34)15-20(19)38-24/h1-2,11-12,18,29H,3-10,13-15H2. The van der Waals surface area contributed by atoms with Crippen molar-refractivity contribution in [3.63, 3.8) is 0 Å². The predicted molar refractivity (Wildman–Crippen MR) is 146 cm³/mol. The van der Waals surface area contributed by atoms with Gasteiger partial charge >= 0.3 is 5.91 Å². The number of hydrogen-bond acceptors (Lipinski definition) is 9. The fourth-order valence-electron chi connectivity index (χ4n) is 5.32. The summed E-state index contributed by atoms with van der Waals surface area (Å²) in [5.41, 5.74) is 0.593. The van der Waals surface area contributed by atoms with E-state index in [0.29, 0.717) is 55.7 Å². The number of carbonyl (C=O) groups excluding carboxylic acids is 2. The van der Waals surface area contributed by atoms with Crippen LogP contribution in [-0.2, 0) is 32.5 Å². The highest BCUT2D eigenvalue weighted by Crippen LogP contribution is 2.34. The van der Waals surface area contributed by atoms with E-state index in [-0.39, 0.29) is 53.7 Å². The summed E-state index contributed by atoms with van der Waals surface area (Å²) in [5.74, 6) is -0.442. The normalized spacial score (nSPS) is 22.4. The third-order valence-corrected chi connectivity index (χ3v) is 11.1. The number of piperazine rings is 1. The molecule has 2 amide bonds. The fraction of sp³-hybridized carbons (Fsp3) is 0.480. The zero-order valence-corrected chi connectivity index (χ0v) is 23.9. The van der Waals surface area contributed by atoms with E-state index in [1.165, 1.54) is 9.21 Å². The van der Waals surface area contributed by atoms with E-state index in [2.05, 4.69) is 4.98 Å². The van der Waals surface area contributed by atoms with Gasteiger partial charge in [0.25, 0.3) is 15.9 Å². The molecule has 214 valence electrons. The van der Waals surface area contributed by atoms with Gasteiger partial charge in [-0.2, -0.15) is 4.31 Å². The van der Waals surface area contributed by atoms with Gasteiger partial charge in [-0.15, -0.1) is 11.3 Å². The average Bonchev–Trinajstić information content (AvgIpc) is 3.57. The van der Waals surface area contributed by atoms with E-state index in [9.17, 15) is 23.2 Å². The molecule has 15 heteroatoms. The molecule has 0 spiro atoms. The van der Waals surface area contributed by atoms with Crippen LogP contribution in [0.15, 0.2) is 32.9 Å². The first-order valence-electron chi connectivity index (χ1n) is 13.0. The first-order chi connectivity index (χ1) is 19.2. The number of fused-ring (bicyclic) bond motifs is 2. The van der Waals surface area contributed by atoms with Crippen LogP contribution in [0.1, 0.15) is 28.6 Å².